The number of carboxylic acid groups (broad SMARTS) is 1. The van der Waals surface area contributed by atoms with E-state index in [1.165, 1.54) is 64.2 Å². The first-order chi connectivity index (χ1) is 15.5. The highest BCUT2D eigenvalue weighted by atomic mass is 32.1. The SMILES string of the molecule is O=C(O)CCCCCCCCCCCCCCCCC(=O)NCCCC[C@H](NP)C(=O)S. The number of carbonyl (C=O) groups is 3. The zero-order valence-corrected chi connectivity index (χ0v) is 22.0. The Hall–Kier alpha value is -0.650. The van der Waals surface area contributed by atoms with Crippen LogP contribution < -0.4 is 10.4 Å². The molecule has 0 aliphatic rings. The highest BCUT2D eigenvalue weighted by Crippen LogP contribution is 2.14. The number of thiol groups is 1. The second kappa shape index (κ2) is 23.5. The Labute approximate surface area is 203 Å². The molecule has 0 aromatic heterocycles. The van der Waals surface area contributed by atoms with Gasteiger partial charge in [-0.05, 0) is 32.1 Å². The fraction of sp³-hybridized carbons (Fsp3) is 0.875. The van der Waals surface area contributed by atoms with Crippen LogP contribution in [0.4, 0.5) is 0 Å². The summed E-state index contributed by atoms with van der Waals surface area (Å²) >= 11 is 3.84. The van der Waals surface area contributed by atoms with Gasteiger partial charge >= 0.3 is 5.97 Å². The first-order valence-electron chi connectivity index (χ1n) is 12.6. The quantitative estimate of drug-likeness (QED) is 0.0779. The molecule has 32 heavy (non-hydrogen) atoms. The van der Waals surface area contributed by atoms with E-state index >= 15 is 0 Å². The van der Waals surface area contributed by atoms with E-state index in [1.807, 2.05) is 0 Å². The van der Waals surface area contributed by atoms with Gasteiger partial charge in [-0.1, -0.05) is 86.4 Å². The lowest BCUT2D eigenvalue weighted by molar-refractivity contribution is -0.137. The van der Waals surface area contributed by atoms with Gasteiger partial charge in [0.25, 0.3) is 0 Å². The molecule has 0 aliphatic carbocycles. The molecule has 0 aromatic rings. The Balaban J connectivity index is 3.26. The minimum absolute atomic E-state index is 0.137. The molecule has 0 bridgehead atoms. The van der Waals surface area contributed by atoms with Gasteiger partial charge in [-0.2, -0.15) is 0 Å². The summed E-state index contributed by atoms with van der Waals surface area (Å²) in [5.41, 5.74) is 0. The lowest BCUT2D eigenvalue weighted by atomic mass is 10.0. The van der Waals surface area contributed by atoms with E-state index in [9.17, 15) is 14.4 Å². The first-order valence-corrected chi connectivity index (χ1v) is 13.7. The number of carbonyl (C=O) groups excluding carboxylic acids is 2. The van der Waals surface area contributed by atoms with Crippen LogP contribution in [-0.2, 0) is 14.4 Å². The minimum atomic E-state index is -0.680. The largest absolute Gasteiger partial charge is 0.481 e. The topological polar surface area (TPSA) is 95.5 Å². The summed E-state index contributed by atoms with van der Waals surface area (Å²) in [5, 5.41) is 14.3. The number of carboxylic acids is 1. The molecule has 0 spiro atoms. The van der Waals surface area contributed by atoms with Gasteiger partial charge in [-0.15, -0.1) is 12.6 Å². The summed E-state index contributed by atoms with van der Waals surface area (Å²) in [6, 6.07) is -0.230. The Morgan fingerprint density at radius 2 is 1.12 bits per heavy atom. The van der Waals surface area contributed by atoms with E-state index in [-0.39, 0.29) is 17.1 Å². The third kappa shape index (κ3) is 22.5. The van der Waals surface area contributed by atoms with Gasteiger partial charge in [0.2, 0.25) is 11.0 Å². The lowest BCUT2D eigenvalue weighted by Gasteiger charge is -2.11. The maximum absolute atomic E-state index is 11.8. The summed E-state index contributed by atoms with van der Waals surface area (Å²) in [6.07, 6.45) is 20.1. The van der Waals surface area contributed by atoms with Crippen LogP contribution in [0.1, 0.15) is 122 Å². The average Bonchev–Trinajstić information content (AvgIpc) is 2.75. The molecule has 0 heterocycles. The standard InChI is InChI=1S/C24H47N2O4PS/c27-22(25-20-16-15-17-21(26-31)24(30)32)18-13-11-9-7-5-3-1-2-4-6-8-10-12-14-19-23(28)29/h21,26H,1-20,31H2,(H,25,27)(H,28,29)(H,30,32)/t21-/m0/s1. The smallest absolute Gasteiger partial charge is 0.303 e. The van der Waals surface area contributed by atoms with E-state index in [1.54, 1.807) is 0 Å². The van der Waals surface area contributed by atoms with Gasteiger partial charge in [0, 0.05) is 19.4 Å². The van der Waals surface area contributed by atoms with Crippen molar-refractivity contribution in [2.45, 2.75) is 128 Å². The van der Waals surface area contributed by atoms with Gasteiger partial charge in [0.1, 0.15) is 0 Å². The third-order valence-electron chi connectivity index (χ3n) is 5.79. The van der Waals surface area contributed by atoms with Gasteiger partial charge < -0.3 is 10.4 Å². The number of hydrogen-bond donors (Lipinski definition) is 4. The van der Waals surface area contributed by atoms with E-state index in [0.717, 1.165) is 44.9 Å². The molecule has 6 nitrogen and oxygen atoms in total. The molecule has 0 fully saturated rings. The Morgan fingerprint density at radius 3 is 1.53 bits per heavy atom. The molecular formula is C24H47N2O4PS. The molecule has 0 rings (SSSR count). The van der Waals surface area contributed by atoms with Crippen LogP contribution in [-0.4, -0.2) is 34.7 Å². The molecule has 2 atom stereocenters. The van der Waals surface area contributed by atoms with Crippen molar-refractivity contribution in [2.24, 2.45) is 0 Å². The average molecular weight is 491 g/mol. The van der Waals surface area contributed by atoms with Crippen LogP contribution >= 0.6 is 22.0 Å². The van der Waals surface area contributed by atoms with Crippen molar-refractivity contribution in [1.29, 1.82) is 0 Å². The molecule has 1 amide bonds. The maximum atomic E-state index is 11.8. The third-order valence-corrected chi connectivity index (χ3v) is 6.50. The number of nitrogens with one attached hydrogen (secondary N) is 2. The molecule has 8 heteroatoms. The van der Waals surface area contributed by atoms with Crippen molar-refractivity contribution < 1.29 is 19.5 Å². The van der Waals surface area contributed by atoms with Gasteiger partial charge in [0.05, 0.1) is 6.04 Å². The minimum Gasteiger partial charge on any atom is -0.481 e. The molecule has 0 saturated heterocycles. The van der Waals surface area contributed by atoms with Crippen LogP contribution in [0, 0.1) is 0 Å². The highest BCUT2D eigenvalue weighted by molar-refractivity contribution is 7.96. The second-order valence-electron chi connectivity index (χ2n) is 8.75. The second-order valence-corrected chi connectivity index (χ2v) is 9.52. The fourth-order valence-corrected chi connectivity index (χ4v) is 4.41. The van der Waals surface area contributed by atoms with Crippen molar-refractivity contribution >= 4 is 39.0 Å². The predicted molar refractivity (Wildman–Crippen MR) is 139 cm³/mol. The van der Waals surface area contributed by atoms with Crippen molar-refractivity contribution in [2.75, 3.05) is 6.54 Å². The van der Waals surface area contributed by atoms with Crippen LogP contribution in [0.5, 0.6) is 0 Å². The van der Waals surface area contributed by atoms with Crippen LogP contribution in [0.3, 0.4) is 0 Å². The first kappa shape index (κ1) is 31.4. The Bertz CT molecular complexity index is 495. The lowest BCUT2D eigenvalue weighted by Crippen LogP contribution is -2.28. The predicted octanol–water partition coefficient (Wildman–Crippen LogP) is 5.80. The van der Waals surface area contributed by atoms with Crippen LogP contribution in [0.15, 0.2) is 0 Å². The maximum Gasteiger partial charge on any atom is 0.303 e. The Kier molecular flexibility index (Phi) is 23.0. The van der Waals surface area contributed by atoms with Gasteiger partial charge in [-0.3, -0.25) is 19.5 Å². The number of aliphatic carboxylic acids is 1. The fourth-order valence-electron chi connectivity index (χ4n) is 3.75. The normalized spacial score (nSPS) is 11.9. The van der Waals surface area contributed by atoms with Gasteiger partial charge in [0.15, 0.2) is 0 Å². The van der Waals surface area contributed by atoms with E-state index in [2.05, 4.69) is 32.4 Å². The van der Waals surface area contributed by atoms with E-state index < -0.39 is 5.97 Å². The zero-order chi connectivity index (χ0) is 23.9. The summed E-state index contributed by atoms with van der Waals surface area (Å²) in [7, 11) is 2.35. The zero-order valence-electron chi connectivity index (χ0n) is 19.9. The van der Waals surface area contributed by atoms with Crippen molar-refractivity contribution in [1.82, 2.24) is 10.4 Å². The van der Waals surface area contributed by atoms with Gasteiger partial charge in [-0.25, -0.2) is 0 Å². The summed E-state index contributed by atoms with van der Waals surface area (Å²) in [5.74, 6) is -0.543. The van der Waals surface area contributed by atoms with Crippen molar-refractivity contribution in [3.63, 3.8) is 0 Å². The monoisotopic (exact) mass is 490 g/mol. The molecule has 188 valence electrons. The molecule has 0 radical (unpaired) electrons. The molecule has 0 saturated carbocycles. The molecule has 3 N–H and O–H groups in total. The number of hydrogen-bond acceptors (Lipinski definition) is 4. The number of rotatable bonds is 24. The van der Waals surface area contributed by atoms with Crippen molar-refractivity contribution in [3.05, 3.63) is 0 Å². The summed E-state index contributed by atoms with van der Waals surface area (Å²) in [6.45, 7) is 0.674. The molecule has 0 aliphatic heterocycles. The molecular weight excluding hydrogens is 443 g/mol. The summed E-state index contributed by atoms with van der Waals surface area (Å²) in [4.78, 5) is 33.5. The van der Waals surface area contributed by atoms with E-state index in [4.69, 9.17) is 5.11 Å². The van der Waals surface area contributed by atoms with Crippen LogP contribution in [0.25, 0.3) is 0 Å². The Morgan fingerprint density at radius 1 is 0.688 bits per heavy atom. The van der Waals surface area contributed by atoms with Crippen LogP contribution in [0.2, 0.25) is 0 Å². The molecule has 0 aromatic carbocycles. The molecule has 1 unspecified atom stereocenters. The summed E-state index contributed by atoms with van der Waals surface area (Å²) < 4.78 is 0. The van der Waals surface area contributed by atoms with E-state index in [0.29, 0.717) is 19.4 Å². The highest BCUT2D eigenvalue weighted by Gasteiger charge is 2.11. The van der Waals surface area contributed by atoms with Crippen molar-refractivity contribution in [3.8, 4) is 0 Å². The number of unbranched alkanes of at least 4 members (excludes halogenated alkanes) is 14. The number of amides is 1.